The van der Waals surface area contributed by atoms with Crippen molar-refractivity contribution in [2.45, 2.75) is 0 Å². The first-order valence-corrected chi connectivity index (χ1v) is 3.52. The van der Waals surface area contributed by atoms with Gasteiger partial charge in [0.2, 0.25) is 0 Å². The van der Waals surface area contributed by atoms with Crippen LogP contribution in [0.5, 0.6) is 5.75 Å². The molecule has 0 aliphatic heterocycles. The number of hydrogen-bond acceptors (Lipinski definition) is 4. The first-order valence-electron chi connectivity index (χ1n) is 3.52. The van der Waals surface area contributed by atoms with Crippen molar-refractivity contribution >= 4 is 17.3 Å². The molecule has 0 aliphatic rings. The number of nitrogens with two attached hydrogens (primary N) is 2. The Bertz CT molecular complexity index is 349. The van der Waals surface area contributed by atoms with Crippen LogP contribution in [0.3, 0.4) is 0 Å². The van der Waals surface area contributed by atoms with E-state index in [2.05, 4.69) is 0 Å². The zero-order valence-corrected chi connectivity index (χ0v) is 7.07. The highest BCUT2D eigenvalue weighted by molar-refractivity contribution is 5.94. The van der Waals surface area contributed by atoms with Crippen LogP contribution in [0.25, 0.3) is 0 Å². The van der Waals surface area contributed by atoms with Crippen LogP contribution in [-0.2, 0) is 0 Å². The Labute approximate surface area is 74.9 Å². The predicted molar refractivity (Wildman–Crippen MR) is 48.8 cm³/mol. The first kappa shape index (κ1) is 9.18. The highest BCUT2D eigenvalue weighted by atomic mass is 16.5. The van der Waals surface area contributed by atoms with Gasteiger partial charge in [-0.05, 0) is 12.1 Å². The first-order chi connectivity index (χ1) is 6.06. The van der Waals surface area contributed by atoms with E-state index in [0.717, 1.165) is 0 Å². The fourth-order valence-electron chi connectivity index (χ4n) is 1.06. The lowest BCUT2D eigenvalue weighted by atomic mass is 10.1. The topological polar surface area (TPSA) is 98.6 Å². The van der Waals surface area contributed by atoms with E-state index in [0.29, 0.717) is 5.69 Å². The molecule has 0 spiro atoms. The lowest BCUT2D eigenvalue weighted by molar-refractivity contribution is 0.0693. The van der Waals surface area contributed by atoms with E-state index >= 15 is 0 Å². The fourth-order valence-corrected chi connectivity index (χ4v) is 1.06. The lowest BCUT2D eigenvalue weighted by Gasteiger charge is -2.08. The molecule has 0 aromatic heterocycles. The molecule has 0 unspecified atom stereocenters. The number of ether oxygens (including phenoxy) is 1. The second kappa shape index (κ2) is 3.22. The van der Waals surface area contributed by atoms with Crippen LogP contribution in [0.4, 0.5) is 11.4 Å². The quantitative estimate of drug-likeness (QED) is 0.580. The molecule has 0 saturated heterocycles. The molecule has 1 aromatic carbocycles. The third kappa shape index (κ3) is 1.64. The normalized spacial score (nSPS) is 9.62. The second-order valence-corrected chi connectivity index (χ2v) is 2.50. The average Bonchev–Trinajstić information content (AvgIpc) is 2.02. The van der Waals surface area contributed by atoms with Crippen molar-refractivity contribution in [1.82, 2.24) is 0 Å². The summed E-state index contributed by atoms with van der Waals surface area (Å²) in [4.78, 5) is 10.7. The maximum atomic E-state index is 10.7. The molecule has 5 N–H and O–H groups in total. The Kier molecular flexibility index (Phi) is 2.27. The smallest absolute Gasteiger partial charge is 0.339 e. The molecule has 0 aliphatic carbocycles. The molecule has 0 heterocycles. The number of benzene rings is 1. The molecular weight excluding hydrogens is 172 g/mol. The standard InChI is InChI=1S/C8H10N2O3/c1-13-7-5(8(11)12)2-4(9)3-6(7)10/h2-3H,9-10H2,1H3,(H,11,12). The zero-order chi connectivity index (χ0) is 10.0. The van der Waals surface area contributed by atoms with Crippen LogP contribution in [0.1, 0.15) is 10.4 Å². The van der Waals surface area contributed by atoms with Crippen LogP contribution in [0, 0.1) is 0 Å². The van der Waals surface area contributed by atoms with Gasteiger partial charge in [-0.25, -0.2) is 4.79 Å². The predicted octanol–water partition coefficient (Wildman–Crippen LogP) is 0.558. The van der Waals surface area contributed by atoms with E-state index in [1.54, 1.807) is 0 Å². The van der Waals surface area contributed by atoms with Crippen LogP contribution in [-0.4, -0.2) is 18.2 Å². The van der Waals surface area contributed by atoms with E-state index in [4.69, 9.17) is 21.3 Å². The molecule has 0 bridgehead atoms. The van der Waals surface area contributed by atoms with Crippen LogP contribution in [0.15, 0.2) is 12.1 Å². The van der Waals surface area contributed by atoms with Gasteiger partial charge in [0.05, 0.1) is 12.8 Å². The van der Waals surface area contributed by atoms with Crippen molar-refractivity contribution in [1.29, 1.82) is 0 Å². The molecule has 0 fully saturated rings. The monoisotopic (exact) mass is 182 g/mol. The molecular formula is C8H10N2O3. The summed E-state index contributed by atoms with van der Waals surface area (Å²) >= 11 is 0. The Hall–Kier alpha value is -1.91. The SMILES string of the molecule is COc1c(N)cc(N)cc1C(=O)O. The van der Waals surface area contributed by atoms with Gasteiger partial charge in [0.15, 0.2) is 5.75 Å². The number of anilines is 2. The second-order valence-electron chi connectivity index (χ2n) is 2.50. The molecule has 0 atom stereocenters. The molecule has 1 aromatic rings. The van der Waals surface area contributed by atoms with Crippen molar-refractivity contribution in [3.63, 3.8) is 0 Å². The third-order valence-electron chi connectivity index (χ3n) is 1.57. The van der Waals surface area contributed by atoms with Gasteiger partial charge in [-0.1, -0.05) is 0 Å². The Morgan fingerprint density at radius 3 is 2.54 bits per heavy atom. The molecule has 70 valence electrons. The largest absolute Gasteiger partial charge is 0.494 e. The highest BCUT2D eigenvalue weighted by Crippen LogP contribution is 2.28. The van der Waals surface area contributed by atoms with Crippen molar-refractivity contribution < 1.29 is 14.6 Å². The molecule has 5 heteroatoms. The van der Waals surface area contributed by atoms with Crippen molar-refractivity contribution in [3.05, 3.63) is 17.7 Å². The Morgan fingerprint density at radius 2 is 2.08 bits per heavy atom. The number of nitrogen functional groups attached to an aromatic ring is 2. The van der Waals surface area contributed by atoms with Crippen LogP contribution < -0.4 is 16.2 Å². The number of carbonyl (C=O) groups is 1. The summed E-state index contributed by atoms with van der Waals surface area (Å²) in [6.07, 6.45) is 0. The number of methoxy groups -OCH3 is 1. The van der Waals surface area contributed by atoms with Gasteiger partial charge in [-0.3, -0.25) is 0 Å². The number of aromatic carboxylic acids is 1. The maximum Gasteiger partial charge on any atom is 0.339 e. The Balaban J connectivity index is 3.38. The molecule has 0 radical (unpaired) electrons. The van der Waals surface area contributed by atoms with Crippen molar-refractivity contribution in [3.8, 4) is 5.75 Å². The molecule has 0 saturated carbocycles. The minimum absolute atomic E-state index is 0.0278. The Morgan fingerprint density at radius 1 is 1.46 bits per heavy atom. The van der Waals surface area contributed by atoms with Crippen molar-refractivity contribution in [2.75, 3.05) is 18.6 Å². The molecule has 5 nitrogen and oxygen atoms in total. The minimum atomic E-state index is -1.11. The van der Waals surface area contributed by atoms with Crippen LogP contribution >= 0.6 is 0 Å². The third-order valence-corrected chi connectivity index (χ3v) is 1.57. The average molecular weight is 182 g/mol. The number of carboxylic acid groups (broad SMARTS) is 1. The molecule has 1 rings (SSSR count). The van der Waals surface area contributed by atoms with E-state index < -0.39 is 5.97 Å². The van der Waals surface area contributed by atoms with Gasteiger partial charge in [0.25, 0.3) is 0 Å². The summed E-state index contributed by atoms with van der Waals surface area (Å²) in [6.45, 7) is 0. The summed E-state index contributed by atoms with van der Waals surface area (Å²) in [5, 5.41) is 8.75. The van der Waals surface area contributed by atoms with E-state index in [9.17, 15) is 4.79 Å². The summed E-state index contributed by atoms with van der Waals surface area (Å²) in [5.74, 6) is -0.974. The lowest BCUT2D eigenvalue weighted by Crippen LogP contribution is -2.04. The molecule has 13 heavy (non-hydrogen) atoms. The summed E-state index contributed by atoms with van der Waals surface area (Å²) in [5.41, 5.74) is 11.4. The van der Waals surface area contributed by atoms with E-state index in [1.807, 2.05) is 0 Å². The van der Waals surface area contributed by atoms with Gasteiger partial charge >= 0.3 is 5.97 Å². The number of hydrogen-bond donors (Lipinski definition) is 3. The summed E-state index contributed by atoms with van der Waals surface area (Å²) in [6, 6.07) is 2.75. The van der Waals surface area contributed by atoms with E-state index in [-0.39, 0.29) is 17.0 Å². The van der Waals surface area contributed by atoms with Gasteiger partial charge < -0.3 is 21.3 Å². The minimum Gasteiger partial charge on any atom is -0.494 e. The highest BCUT2D eigenvalue weighted by Gasteiger charge is 2.14. The van der Waals surface area contributed by atoms with E-state index in [1.165, 1.54) is 19.2 Å². The fraction of sp³-hybridized carbons (Fsp3) is 0.125. The van der Waals surface area contributed by atoms with Gasteiger partial charge in [-0.2, -0.15) is 0 Å². The van der Waals surface area contributed by atoms with Gasteiger partial charge in [0, 0.05) is 5.69 Å². The number of rotatable bonds is 2. The number of carboxylic acids is 1. The summed E-state index contributed by atoms with van der Waals surface area (Å²) in [7, 11) is 1.36. The summed E-state index contributed by atoms with van der Waals surface area (Å²) < 4.78 is 4.83. The molecule has 0 amide bonds. The van der Waals surface area contributed by atoms with Gasteiger partial charge in [0.1, 0.15) is 5.56 Å². The zero-order valence-electron chi connectivity index (χ0n) is 7.07. The van der Waals surface area contributed by atoms with Crippen molar-refractivity contribution in [2.24, 2.45) is 0 Å². The maximum absolute atomic E-state index is 10.7. The van der Waals surface area contributed by atoms with Crippen LogP contribution in [0.2, 0.25) is 0 Å². The van der Waals surface area contributed by atoms with Gasteiger partial charge in [-0.15, -0.1) is 0 Å².